The molecule has 168 valence electrons. The number of benzene rings is 2. The van der Waals surface area contributed by atoms with E-state index in [9.17, 15) is 0 Å². The zero-order valence-electron chi connectivity index (χ0n) is 19.5. The number of hydrogen-bond donors (Lipinski definition) is 1. The fraction of sp³-hybridized carbons (Fsp3) is 0.259. The Hall–Kier alpha value is -3.64. The molecule has 6 nitrogen and oxygen atoms in total. The van der Waals surface area contributed by atoms with Crippen LogP contribution >= 0.6 is 0 Å². The van der Waals surface area contributed by atoms with E-state index < -0.39 is 0 Å². The van der Waals surface area contributed by atoms with Gasteiger partial charge in [0.05, 0.1) is 6.20 Å². The first kappa shape index (κ1) is 21.2. The normalized spacial score (nSPS) is 14.6. The summed E-state index contributed by atoms with van der Waals surface area (Å²) in [6.07, 6.45) is 3.83. The molecule has 6 heteroatoms. The Morgan fingerprint density at radius 2 is 1.76 bits per heavy atom. The monoisotopic (exact) mass is 438 g/mol. The van der Waals surface area contributed by atoms with E-state index in [-0.39, 0.29) is 0 Å². The maximum atomic E-state index is 4.61. The summed E-state index contributed by atoms with van der Waals surface area (Å²) in [6, 6.07) is 17.1. The average Bonchev–Trinajstić information content (AvgIpc) is 3.17. The van der Waals surface area contributed by atoms with Crippen molar-refractivity contribution in [2.45, 2.75) is 6.92 Å². The number of fused-ring (bicyclic) bond motifs is 1. The van der Waals surface area contributed by atoms with E-state index in [4.69, 9.17) is 0 Å². The highest BCUT2D eigenvalue weighted by molar-refractivity contribution is 5.90. The smallest absolute Gasteiger partial charge is 0.130 e. The van der Waals surface area contributed by atoms with Gasteiger partial charge in [-0.15, -0.1) is 0 Å². The third-order valence-corrected chi connectivity index (χ3v) is 6.61. The zero-order chi connectivity index (χ0) is 22.9. The molecule has 0 atom stereocenters. The summed E-state index contributed by atoms with van der Waals surface area (Å²) < 4.78 is 1.90. The van der Waals surface area contributed by atoms with Crippen molar-refractivity contribution < 1.29 is 0 Å². The standard InChI is InChI=1S/C27H30N6/c1-19(21-6-5-7-25(15-21)33-12-10-31(3)11-13-33)30-27-16-24-14-22(8-9-23(24)17-28-27)26-18-29-32(4)20(26)2/h5-9,14-18H,1,10-13H2,2-4H3,(H,28,30). The van der Waals surface area contributed by atoms with Crippen molar-refractivity contribution in [3.63, 3.8) is 0 Å². The lowest BCUT2D eigenvalue weighted by atomic mass is 10.0. The lowest BCUT2D eigenvalue weighted by Gasteiger charge is -2.34. The van der Waals surface area contributed by atoms with Crippen molar-refractivity contribution in [3.8, 4) is 11.1 Å². The van der Waals surface area contributed by atoms with Gasteiger partial charge < -0.3 is 15.1 Å². The Morgan fingerprint density at radius 3 is 2.52 bits per heavy atom. The molecule has 0 radical (unpaired) electrons. The number of nitrogens with one attached hydrogen (secondary N) is 1. The van der Waals surface area contributed by atoms with Crippen LogP contribution in [0.1, 0.15) is 11.3 Å². The lowest BCUT2D eigenvalue weighted by molar-refractivity contribution is 0.313. The van der Waals surface area contributed by atoms with Crippen molar-refractivity contribution in [2.24, 2.45) is 7.05 Å². The highest BCUT2D eigenvalue weighted by Crippen LogP contribution is 2.28. The van der Waals surface area contributed by atoms with Crippen LogP contribution < -0.4 is 10.2 Å². The second-order valence-corrected chi connectivity index (χ2v) is 8.84. The molecule has 2 aromatic heterocycles. The van der Waals surface area contributed by atoms with E-state index in [0.717, 1.165) is 70.9 Å². The van der Waals surface area contributed by atoms with Crippen molar-refractivity contribution in [1.82, 2.24) is 19.7 Å². The molecule has 1 N–H and O–H groups in total. The first-order valence-electron chi connectivity index (χ1n) is 11.4. The number of piperazine rings is 1. The Labute approximate surface area is 195 Å². The van der Waals surface area contributed by atoms with Crippen LogP contribution in [0.2, 0.25) is 0 Å². The molecule has 1 fully saturated rings. The van der Waals surface area contributed by atoms with Crippen LogP contribution in [0.5, 0.6) is 0 Å². The minimum atomic E-state index is 0.789. The van der Waals surface area contributed by atoms with Crippen molar-refractivity contribution >= 4 is 28.0 Å². The predicted molar refractivity (Wildman–Crippen MR) is 137 cm³/mol. The minimum absolute atomic E-state index is 0.789. The molecule has 2 aromatic carbocycles. The summed E-state index contributed by atoms with van der Waals surface area (Å²) in [5, 5.41) is 10.0. The number of anilines is 2. The number of pyridine rings is 1. The molecule has 1 aliphatic rings. The Balaban J connectivity index is 1.37. The maximum Gasteiger partial charge on any atom is 0.130 e. The predicted octanol–water partition coefficient (Wildman–Crippen LogP) is 4.78. The van der Waals surface area contributed by atoms with Crippen LogP contribution in [0, 0.1) is 6.92 Å². The lowest BCUT2D eigenvalue weighted by Crippen LogP contribution is -2.44. The molecular formula is C27H30N6. The molecule has 1 saturated heterocycles. The van der Waals surface area contributed by atoms with Crippen LogP contribution in [-0.2, 0) is 7.05 Å². The van der Waals surface area contributed by atoms with Gasteiger partial charge in [0.1, 0.15) is 5.82 Å². The average molecular weight is 439 g/mol. The highest BCUT2D eigenvalue weighted by Gasteiger charge is 2.15. The largest absolute Gasteiger partial charge is 0.369 e. The number of rotatable bonds is 5. The molecule has 0 amide bonds. The van der Waals surface area contributed by atoms with Crippen molar-refractivity contribution in [1.29, 1.82) is 0 Å². The Morgan fingerprint density at radius 1 is 0.939 bits per heavy atom. The number of nitrogens with zero attached hydrogens (tertiary/aromatic N) is 5. The zero-order valence-corrected chi connectivity index (χ0v) is 19.5. The van der Waals surface area contributed by atoms with E-state index in [1.54, 1.807) is 0 Å². The highest BCUT2D eigenvalue weighted by atomic mass is 15.3. The van der Waals surface area contributed by atoms with Crippen molar-refractivity contribution in [2.75, 3.05) is 43.4 Å². The summed E-state index contributed by atoms with van der Waals surface area (Å²) in [4.78, 5) is 9.42. The first-order valence-corrected chi connectivity index (χ1v) is 11.4. The van der Waals surface area contributed by atoms with E-state index in [0.29, 0.717) is 0 Å². The minimum Gasteiger partial charge on any atom is -0.369 e. The molecule has 1 aliphatic heterocycles. The molecular weight excluding hydrogens is 408 g/mol. The van der Waals surface area contributed by atoms with Gasteiger partial charge in [-0.3, -0.25) is 4.68 Å². The third kappa shape index (κ3) is 4.34. The number of aryl methyl sites for hydroxylation is 1. The molecule has 0 aliphatic carbocycles. The Kier molecular flexibility index (Phi) is 5.60. The Bertz CT molecular complexity index is 1310. The summed E-state index contributed by atoms with van der Waals surface area (Å²) in [5.41, 5.74) is 6.62. The van der Waals surface area contributed by atoms with Gasteiger partial charge in [-0.2, -0.15) is 5.10 Å². The van der Waals surface area contributed by atoms with Crippen LogP contribution in [0.3, 0.4) is 0 Å². The summed E-state index contributed by atoms with van der Waals surface area (Å²) in [6.45, 7) is 10.6. The van der Waals surface area contributed by atoms with Gasteiger partial charge in [0.25, 0.3) is 0 Å². The van der Waals surface area contributed by atoms with E-state index in [1.807, 2.05) is 24.1 Å². The molecule has 33 heavy (non-hydrogen) atoms. The molecule has 3 heterocycles. The van der Waals surface area contributed by atoms with Crippen molar-refractivity contribution in [3.05, 3.63) is 78.8 Å². The molecule has 0 saturated carbocycles. The fourth-order valence-corrected chi connectivity index (χ4v) is 4.34. The second-order valence-electron chi connectivity index (χ2n) is 8.84. The number of aromatic nitrogens is 3. The molecule has 0 spiro atoms. The summed E-state index contributed by atoms with van der Waals surface area (Å²) >= 11 is 0. The van der Waals surface area contributed by atoms with Crippen LogP contribution in [0.25, 0.3) is 27.6 Å². The fourth-order valence-electron chi connectivity index (χ4n) is 4.34. The van der Waals surface area contributed by atoms with Crippen LogP contribution in [0.15, 0.2) is 67.5 Å². The van der Waals surface area contributed by atoms with Gasteiger partial charge in [0, 0.05) is 67.5 Å². The number of hydrogen-bond acceptors (Lipinski definition) is 5. The van der Waals surface area contributed by atoms with E-state index in [1.165, 1.54) is 5.69 Å². The van der Waals surface area contributed by atoms with Crippen LogP contribution in [-0.4, -0.2) is 52.9 Å². The molecule has 4 aromatic rings. The van der Waals surface area contributed by atoms with Gasteiger partial charge in [-0.1, -0.05) is 30.8 Å². The van der Waals surface area contributed by atoms with E-state index in [2.05, 4.69) is 94.3 Å². The van der Waals surface area contributed by atoms with Gasteiger partial charge in [0.15, 0.2) is 0 Å². The SMILES string of the molecule is C=C(Nc1cc2cc(-c3cnn(C)c3C)ccc2cn1)c1cccc(N2CCN(C)CC2)c1. The molecule has 0 bridgehead atoms. The third-order valence-electron chi connectivity index (χ3n) is 6.61. The molecule has 0 unspecified atom stereocenters. The first-order chi connectivity index (χ1) is 16.0. The van der Waals surface area contributed by atoms with Crippen LogP contribution in [0.4, 0.5) is 11.5 Å². The van der Waals surface area contributed by atoms with Gasteiger partial charge >= 0.3 is 0 Å². The molecule has 5 rings (SSSR count). The second kappa shape index (κ2) is 8.71. The maximum absolute atomic E-state index is 4.61. The topological polar surface area (TPSA) is 49.2 Å². The van der Waals surface area contributed by atoms with E-state index >= 15 is 0 Å². The van der Waals surface area contributed by atoms with Gasteiger partial charge in [-0.25, -0.2) is 4.98 Å². The summed E-state index contributed by atoms with van der Waals surface area (Å²) in [7, 11) is 4.15. The number of likely N-dealkylation sites (N-methyl/N-ethyl adjacent to an activating group) is 1. The quantitative estimate of drug-likeness (QED) is 0.486. The van der Waals surface area contributed by atoms with Gasteiger partial charge in [0.2, 0.25) is 0 Å². The summed E-state index contributed by atoms with van der Waals surface area (Å²) in [5.74, 6) is 0.789. The van der Waals surface area contributed by atoms with Gasteiger partial charge in [-0.05, 0) is 54.8 Å².